The van der Waals surface area contributed by atoms with Crippen molar-refractivity contribution in [2.75, 3.05) is 0 Å². The van der Waals surface area contributed by atoms with E-state index in [1.165, 1.54) is 32.1 Å². The minimum atomic E-state index is -0.462. The first-order valence-corrected chi connectivity index (χ1v) is 6.72. The SMILES string of the molecule is CCCC(CC)(NC1CCCCC1)C(N)=O. The summed E-state index contributed by atoms with van der Waals surface area (Å²) in [4.78, 5) is 11.7. The van der Waals surface area contributed by atoms with Crippen LogP contribution in [0.2, 0.25) is 0 Å². The molecule has 0 radical (unpaired) electrons. The van der Waals surface area contributed by atoms with Gasteiger partial charge in [-0.25, -0.2) is 0 Å². The number of carbonyl (C=O) groups excluding carboxylic acids is 1. The molecular weight excluding hydrogens is 200 g/mol. The van der Waals surface area contributed by atoms with E-state index in [1.54, 1.807) is 0 Å². The van der Waals surface area contributed by atoms with Crippen LogP contribution in [0.3, 0.4) is 0 Å². The number of primary amides is 1. The van der Waals surface area contributed by atoms with Crippen molar-refractivity contribution in [2.24, 2.45) is 5.73 Å². The van der Waals surface area contributed by atoms with Crippen molar-refractivity contribution in [3.8, 4) is 0 Å². The van der Waals surface area contributed by atoms with Crippen molar-refractivity contribution >= 4 is 5.91 Å². The molecule has 1 atom stereocenters. The first-order valence-electron chi connectivity index (χ1n) is 6.72. The second-order valence-electron chi connectivity index (χ2n) is 5.03. The van der Waals surface area contributed by atoms with E-state index in [0.717, 1.165) is 19.3 Å². The molecule has 1 saturated carbocycles. The summed E-state index contributed by atoms with van der Waals surface area (Å²) < 4.78 is 0. The van der Waals surface area contributed by atoms with Crippen LogP contribution in [0.4, 0.5) is 0 Å². The highest BCUT2D eigenvalue weighted by Crippen LogP contribution is 2.24. The minimum absolute atomic E-state index is 0.178. The molecule has 0 bridgehead atoms. The molecule has 0 saturated heterocycles. The Morgan fingerprint density at radius 1 is 1.31 bits per heavy atom. The molecule has 1 aliphatic carbocycles. The Labute approximate surface area is 99.2 Å². The summed E-state index contributed by atoms with van der Waals surface area (Å²) in [5.41, 5.74) is 5.12. The molecule has 3 nitrogen and oxygen atoms in total. The lowest BCUT2D eigenvalue weighted by atomic mass is 9.86. The molecule has 1 rings (SSSR count). The van der Waals surface area contributed by atoms with Crippen molar-refractivity contribution < 1.29 is 4.79 Å². The maximum atomic E-state index is 11.7. The summed E-state index contributed by atoms with van der Waals surface area (Å²) in [6.45, 7) is 4.16. The van der Waals surface area contributed by atoms with Crippen LogP contribution in [0, 0.1) is 0 Å². The Morgan fingerprint density at radius 3 is 2.38 bits per heavy atom. The summed E-state index contributed by atoms with van der Waals surface area (Å²) >= 11 is 0. The molecule has 3 N–H and O–H groups in total. The zero-order valence-corrected chi connectivity index (χ0v) is 10.7. The minimum Gasteiger partial charge on any atom is -0.368 e. The number of nitrogens with two attached hydrogens (primary N) is 1. The van der Waals surface area contributed by atoms with Crippen LogP contribution in [-0.4, -0.2) is 17.5 Å². The molecule has 1 unspecified atom stereocenters. The largest absolute Gasteiger partial charge is 0.368 e. The maximum absolute atomic E-state index is 11.7. The van der Waals surface area contributed by atoms with Gasteiger partial charge in [-0.15, -0.1) is 0 Å². The average molecular weight is 226 g/mol. The van der Waals surface area contributed by atoms with Gasteiger partial charge in [0.25, 0.3) is 0 Å². The smallest absolute Gasteiger partial charge is 0.237 e. The van der Waals surface area contributed by atoms with E-state index >= 15 is 0 Å². The summed E-state index contributed by atoms with van der Waals surface area (Å²) in [5.74, 6) is -0.178. The molecule has 1 aliphatic rings. The van der Waals surface area contributed by atoms with Crippen molar-refractivity contribution in [3.05, 3.63) is 0 Å². The summed E-state index contributed by atoms with van der Waals surface area (Å²) in [5, 5.41) is 3.54. The van der Waals surface area contributed by atoms with Gasteiger partial charge in [0.05, 0.1) is 5.54 Å². The number of hydrogen-bond donors (Lipinski definition) is 2. The third-order valence-corrected chi connectivity index (χ3v) is 3.84. The van der Waals surface area contributed by atoms with Gasteiger partial charge in [-0.05, 0) is 25.7 Å². The van der Waals surface area contributed by atoms with Crippen molar-refractivity contribution in [3.63, 3.8) is 0 Å². The highest BCUT2D eigenvalue weighted by molar-refractivity contribution is 5.84. The highest BCUT2D eigenvalue weighted by Gasteiger charge is 2.35. The molecule has 0 aliphatic heterocycles. The molecule has 1 amide bonds. The molecular formula is C13H26N2O. The number of rotatable bonds is 6. The van der Waals surface area contributed by atoms with E-state index in [1.807, 2.05) is 0 Å². The molecule has 3 heteroatoms. The summed E-state index contributed by atoms with van der Waals surface area (Å²) in [6, 6.07) is 0.493. The standard InChI is InChI=1S/C13H26N2O/c1-3-10-13(4-2,12(14)16)15-11-8-6-5-7-9-11/h11,15H,3-10H2,1-2H3,(H2,14,16). The van der Waals surface area contributed by atoms with E-state index in [2.05, 4.69) is 19.2 Å². The van der Waals surface area contributed by atoms with Crippen molar-refractivity contribution in [2.45, 2.75) is 76.8 Å². The van der Waals surface area contributed by atoms with Crippen LogP contribution in [0.1, 0.15) is 65.2 Å². The third kappa shape index (κ3) is 3.21. The number of hydrogen-bond acceptors (Lipinski definition) is 2. The molecule has 0 spiro atoms. The van der Waals surface area contributed by atoms with Crippen LogP contribution >= 0.6 is 0 Å². The van der Waals surface area contributed by atoms with E-state index < -0.39 is 5.54 Å². The highest BCUT2D eigenvalue weighted by atomic mass is 16.1. The Bertz CT molecular complexity index is 224. The molecule has 94 valence electrons. The second kappa shape index (κ2) is 6.24. The van der Waals surface area contributed by atoms with E-state index in [0.29, 0.717) is 6.04 Å². The number of nitrogens with one attached hydrogen (secondary N) is 1. The molecule has 0 aromatic heterocycles. The van der Waals surface area contributed by atoms with Crippen molar-refractivity contribution in [1.29, 1.82) is 0 Å². The Balaban J connectivity index is 2.63. The quantitative estimate of drug-likeness (QED) is 0.730. The fraction of sp³-hybridized carbons (Fsp3) is 0.923. The van der Waals surface area contributed by atoms with Gasteiger partial charge in [0.2, 0.25) is 5.91 Å². The Hall–Kier alpha value is -0.570. The normalized spacial score (nSPS) is 21.6. The van der Waals surface area contributed by atoms with Crippen LogP contribution in [-0.2, 0) is 4.79 Å². The molecule has 16 heavy (non-hydrogen) atoms. The fourth-order valence-corrected chi connectivity index (χ4v) is 2.78. The van der Waals surface area contributed by atoms with Gasteiger partial charge >= 0.3 is 0 Å². The van der Waals surface area contributed by atoms with E-state index in [9.17, 15) is 4.79 Å². The number of carbonyl (C=O) groups is 1. The molecule has 0 aromatic rings. The van der Waals surface area contributed by atoms with Crippen LogP contribution in [0.25, 0.3) is 0 Å². The Kier molecular flexibility index (Phi) is 5.26. The first kappa shape index (κ1) is 13.5. The van der Waals surface area contributed by atoms with E-state index in [4.69, 9.17) is 5.73 Å². The van der Waals surface area contributed by atoms with Gasteiger partial charge in [0.15, 0.2) is 0 Å². The van der Waals surface area contributed by atoms with Gasteiger partial charge in [-0.1, -0.05) is 39.5 Å². The predicted molar refractivity (Wildman–Crippen MR) is 67.1 cm³/mol. The van der Waals surface area contributed by atoms with Gasteiger partial charge in [-0.2, -0.15) is 0 Å². The Morgan fingerprint density at radius 2 is 1.94 bits per heavy atom. The average Bonchev–Trinajstić information content (AvgIpc) is 2.29. The third-order valence-electron chi connectivity index (χ3n) is 3.84. The van der Waals surface area contributed by atoms with E-state index in [-0.39, 0.29) is 5.91 Å². The summed E-state index contributed by atoms with van der Waals surface area (Å²) in [6.07, 6.45) is 8.93. The zero-order valence-electron chi connectivity index (χ0n) is 10.7. The molecule has 1 fully saturated rings. The topological polar surface area (TPSA) is 55.1 Å². The second-order valence-corrected chi connectivity index (χ2v) is 5.03. The van der Waals surface area contributed by atoms with Crippen LogP contribution in [0.15, 0.2) is 0 Å². The summed E-state index contributed by atoms with van der Waals surface area (Å²) in [7, 11) is 0. The maximum Gasteiger partial charge on any atom is 0.237 e. The van der Waals surface area contributed by atoms with Crippen LogP contribution in [0.5, 0.6) is 0 Å². The monoisotopic (exact) mass is 226 g/mol. The van der Waals surface area contributed by atoms with Gasteiger partial charge in [0.1, 0.15) is 0 Å². The van der Waals surface area contributed by atoms with Crippen LogP contribution < -0.4 is 11.1 Å². The molecule has 0 heterocycles. The van der Waals surface area contributed by atoms with Crippen molar-refractivity contribution in [1.82, 2.24) is 5.32 Å². The van der Waals surface area contributed by atoms with Gasteiger partial charge in [-0.3, -0.25) is 4.79 Å². The van der Waals surface area contributed by atoms with Gasteiger partial charge < -0.3 is 11.1 Å². The van der Waals surface area contributed by atoms with Gasteiger partial charge in [0, 0.05) is 6.04 Å². The lowest BCUT2D eigenvalue weighted by Crippen LogP contribution is -2.58. The first-order chi connectivity index (χ1) is 7.64. The lowest BCUT2D eigenvalue weighted by Gasteiger charge is -2.36. The predicted octanol–water partition coefficient (Wildman–Crippen LogP) is 2.34. The lowest BCUT2D eigenvalue weighted by molar-refractivity contribution is -0.125. The number of amides is 1. The fourth-order valence-electron chi connectivity index (χ4n) is 2.78. The molecule has 0 aromatic carbocycles. The zero-order chi connectivity index (χ0) is 12.0.